The van der Waals surface area contributed by atoms with E-state index in [1.807, 2.05) is 6.92 Å². The van der Waals surface area contributed by atoms with Crippen LogP contribution in [-0.2, 0) is 16.0 Å². The number of nitrogens with one attached hydrogen (secondary N) is 1. The molecule has 0 atom stereocenters. The highest BCUT2D eigenvalue weighted by Gasteiger charge is 2.02. The molecule has 0 unspecified atom stereocenters. The van der Waals surface area contributed by atoms with Crippen LogP contribution in [0.5, 0.6) is 0 Å². The van der Waals surface area contributed by atoms with Gasteiger partial charge in [0.15, 0.2) is 5.82 Å². The summed E-state index contributed by atoms with van der Waals surface area (Å²) in [6.07, 6.45) is 5.22. The van der Waals surface area contributed by atoms with Crippen molar-refractivity contribution in [3.63, 3.8) is 0 Å². The van der Waals surface area contributed by atoms with Crippen LogP contribution in [0.15, 0.2) is 17.2 Å². The van der Waals surface area contributed by atoms with Gasteiger partial charge in [0.25, 0.3) is 5.56 Å². The van der Waals surface area contributed by atoms with Crippen LogP contribution >= 0.6 is 0 Å². The first kappa shape index (κ1) is 15.7. The summed E-state index contributed by atoms with van der Waals surface area (Å²) in [7, 11) is 1.66. The van der Waals surface area contributed by atoms with Crippen LogP contribution in [0.1, 0.15) is 19.8 Å². The van der Waals surface area contributed by atoms with Crippen molar-refractivity contribution in [2.75, 3.05) is 38.8 Å². The summed E-state index contributed by atoms with van der Waals surface area (Å²) in [5.74, 6) is 0.421. The van der Waals surface area contributed by atoms with E-state index in [1.54, 1.807) is 24.1 Å². The number of nitrogens with zero attached hydrogens (tertiary/aromatic N) is 2. The predicted molar refractivity (Wildman–Crippen MR) is 74.6 cm³/mol. The fraction of sp³-hybridized carbons (Fsp3) is 0.692. The van der Waals surface area contributed by atoms with Crippen LogP contribution in [0, 0.1) is 0 Å². The number of aryl methyl sites for hydroxylation is 1. The van der Waals surface area contributed by atoms with Gasteiger partial charge in [-0.25, -0.2) is 4.98 Å². The monoisotopic (exact) mass is 269 g/mol. The zero-order valence-corrected chi connectivity index (χ0v) is 11.7. The molecule has 1 rings (SSSR count). The van der Waals surface area contributed by atoms with Gasteiger partial charge in [-0.2, -0.15) is 0 Å². The number of anilines is 1. The fourth-order valence-electron chi connectivity index (χ4n) is 1.60. The molecule has 0 aliphatic rings. The Labute approximate surface area is 113 Å². The highest BCUT2D eigenvalue weighted by atomic mass is 16.5. The van der Waals surface area contributed by atoms with Gasteiger partial charge in [0.05, 0.1) is 13.2 Å². The van der Waals surface area contributed by atoms with Crippen LogP contribution in [0.3, 0.4) is 0 Å². The molecule has 0 aromatic carbocycles. The number of ether oxygens (including phenoxy) is 2. The van der Waals surface area contributed by atoms with E-state index < -0.39 is 0 Å². The molecule has 1 heterocycles. The molecular weight excluding hydrogens is 246 g/mol. The smallest absolute Gasteiger partial charge is 0.293 e. The molecule has 0 saturated heterocycles. The first-order valence-electron chi connectivity index (χ1n) is 6.65. The first-order valence-corrected chi connectivity index (χ1v) is 6.65. The summed E-state index contributed by atoms with van der Waals surface area (Å²) < 4.78 is 11.9. The van der Waals surface area contributed by atoms with Gasteiger partial charge in [-0.1, -0.05) is 0 Å². The molecule has 0 aliphatic heterocycles. The average molecular weight is 269 g/mol. The number of hydrogen-bond donors (Lipinski definition) is 1. The molecular formula is C13H23N3O3. The molecule has 6 nitrogen and oxygen atoms in total. The molecule has 0 bridgehead atoms. The van der Waals surface area contributed by atoms with Crippen LogP contribution < -0.4 is 10.9 Å². The Morgan fingerprint density at radius 3 is 2.89 bits per heavy atom. The third kappa shape index (κ3) is 5.85. The molecule has 1 N–H and O–H groups in total. The van der Waals surface area contributed by atoms with Gasteiger partial charge < -0.3 is 19.4 Å². The Balaban J connectivity index is 2.18. The molecule has 1 aromatic rings. The molecule has 0 amide bonds. The van der Waals surface area contributed by atoms with E-state index in [1.165, 1.54) is 0 Å². The van der Waals surface area contributed by atoms with Crippen LogP contribution in [0.2, 0.25) is 0 Å². The van der Waals surface area contributed by atoms with E-state index >= 15 is 0 Å². The lowest BCUT2D eigenvalue weighted by molar-refractivity contribution is 0.0691. The Hall–Kier alpha value is -1.40. The molecule has 1 aromatic heterocycles. The average Bonchev–Trinajstić information content (AvgIpc) is 2.43. The van der Waals surface area contributed by atoms with E-state index in [2.05, 4.69) is 10.3 Å². The summed E-state index contributed by atoms with van der Waals surface area (Å²) in [5.41, 5.74) is -0.0682. The molecule has 0 saturated carbocycles. The molecule has 0 spiro atoms. The van der Waals surface area contributed by atoms with E-state index in [0.29, 0.717) is 32.2 Å². The third-order valence-corrected chi connectivity index (χ3v) is 2.69. The zero-order chi connectivity index (χ0) is 13.9. The summed E-state index contributed by atoms with van der Waals surface area (Å²) in [6, 6.07) is 0. The molecule has 19 heavy (non-hydrogen) atoms. The van der Waals surface area contributed by atoms with Gasteiger partial charge in [-0.05, 0) is 19.8 Å². The van der Waals surface area contributed by atoms with Crippen molar-refractivity contribution in [2.45, 2.75) is 26.3 Å². The van der Waals surface area contributed by atoms with Crippen molar-refractivity contribution in [3.8, 4) is 0 Å². The van der Waals surface area contributed by atoms with E-state index in [9.17, 15) is 4.79 Å². The highest BCUT2D eigenvalue weighted by molar-refractivity contribution is 5.30. The van der Waals surface area contributed by atoms with Crippen LogP contribution in [-0.4, -0.2) is 43.0 Å². The molecule has 0 fully saturated rings. The normalized spacial score (nSPS) is 10.6. The minimum atomic E-state index is -0.0682. The second-order valence-electron chi connectivity index (χ2n) is 4.11. The largest absolute Gasteiger partial charge is 0.382 e. The van der Waals surface area contributed by atoms with Gasteiger partial charge in [0.2, 0.25) is 0 Å². The lowest BCUT2D eigenvalue weighted by atomic mass is 10.3. The SMILES string of the molecule is CCn1ccnc(NCCCCOCCOC)c1=O. The van der Waals surface area contributed by atoms with Gasteiger partial charge >= 0.3 is 0 Å². The summed E-state index contributed by atoms with van der Waals surface area (Å²) in [5, 5.41) is 3.07. The zero-order valence-electron chi connectivity index (χ0n) is 11.7. The van der Waals surface area contributed by atoms with E-state index in [4.69, 9.17) is 9.47 Å². The fourth-order valence-corrected chi connectivity index (χ4v) is 1.60. The Kier molecular flexibility index (Phi) is 7.84. The van der Waals surface area contributed by atoms with Crippen molar-refractivity contribution >= 4 is 5.82 Å². The van der Waals surface area contributed by atoms with Crippen molar-refractivity contribution in [1.29, 1.82) is 0 Å². The Morgan fingerprint density at radius 1 is 1.32 bits per heavy atom. The van der Waals surface area contributed by atoms with Crippen LogP contribution in [0.25, 0.3) is 0 Å². The van der Waals surface area contributed by atoms with Crippen molar-refractivity contribution < 1.29 is 9.47 Å². The quantitative estimate of drug-likeness (QED) is 0.645. The van der Waals surface area contributed by atoms with E-state index in [0.717, 1.165) is 19.4 Å². The molecule has 0 radical (unpaired) electrons. The van der Waals surface area contributed by atoms with Crippen molar-refractivity contribution in [3.05, 3.63) is 22.7 Å². The number of aromatic nitrogens is 2. The van der Waals surface area contributed by atoms with E-state index in [-0.39, 0.29) is 5.56 Å². The minimum absolute atomic E-state index is 0.0682. The summed E-state index contributed by atoms with van der Waals surface area (Å²) in [6.45, 7) is 5.29. The second-order valence-corrected chi connectivity index (χ2v) is 4.11. The van der Waals surface area contributed by atoms with Gasteiger partial charge in [0, 0.05) is 39.2 Å². The topological polar surface area (TPSA) is 65.4 Å². The maximum absolute atomic E-state index is 11.8. The Morgan fingerprint density at radius 2 is 2.16 bits per heavy atom. The predicted octanol–water partition coefficient (Wildman–Crippen LogP) is 1.12. The first-order chi connectivity index (χ1) is 9.29. The molecule has 6 heteroatoms. The minimum Gasteiger partial charge on any atom is -0.382 e. The number of unbranched alkanes of at least 4 members (excludes halogenated alkanes) is 1. The van der Waals surface area contributed by atoms with Crippen LogP contribution in [0.4, 0.5) is 5.82 Å². The Bertz CT molecular complexity index is 406. The molecule has 0 aliphatic carbocycles. The third-order valence-electron chi connectivity index (χ3n) is 2.69. The second kappa shape index (κ2) is 9.52. The highest BCUT2D eigenvalue weighted by Crippen LogP contribution is 1.96. The van der Waals surface area contributed by atoms with Crippen molar-refractivity contribution in [1.82, 2.24) is 9.55 Å². The summed E-state index contributed by atoms with van der Waals surface area (Å²) >= 11 is 0. The summed E-state index contributed by atoms with van der Waals surface area (Å²) in [4.78, 5) is 15.9. The van der Waals surface area contributed by atoms with Gasteiger partial charge in [0.1, 0.15) is 0 Å². The van der Waals surface area contributed by atoms with Crippen molar-refractivity contribution in [2.24, 2.45) is 0 Å². The lowest BCUT2D eigenvalue weighted by Gasteiger charge is -2.07. The van der Waals surface area contributed by atoms with Gasteiger partial charge in [-0.15, -0.1) is 0 Å². The van der Waals surface area contributed by atoms with Gasteiger partial charge in [-0.3, -0.25) is 4.79 Å². The lowest BCUT2D eigenvalue weighted by Crippen LogP contribution is -2.24. The maximum Gasteiger partial charge on any atom is 0.293 e. The standard InChI is InChI=1S/C13H23N3O3/c1-3-16-8-7-15-12(13(16)17)14-6-4-5-9-19-11-10-18-2/h7-8H,3-6,9-11H2,1-2H3,(H,14,15). The number of rotatable bonds is 10. The molecule has 108 valence electrons. The maximum atomic E-state index is 11.8. The number of methoxy groups -OCH3 is 1. The number of hydrogen-bond acceptors (Lipinski definition) is 5.